The smallest absolute Gasteiger partial charge is 0.318 e. The Bertz CT molecular complexity index is 228. The van der Waals surface area contributed by atoms with Crippen LogP contribution in [0.3, 0.4) is 0 Å². The van der Waals surface area contributed by atoms with Gasteiger partial charge in [0.2, 0.25) is 0 Å². The first-order valence-corrected chi connectivity index (χ1v) is 4.26. The Morgan fingerprint density at radius 3 is 2.36 bits per heavy atom. The third-order valence-electron chi connectivity index (χ3n) is 1.60. The van der Waals surface area contributed by atoms with Crippen LogP contribution in [-0.2, 0) is 9.53 Å². The van der Waals surface area contributed by atoms with Gasteiger partial charge in [0, 0.05) is 6.54 Å². The quantitative estimate of drug-likeness (QED) is 0.562. The average Bonchev–Trinajstić information content (AvgIpc) is 2.02. The largest absolute Gasteiger partial charge is 0.361 e. The molecular formula is C8H17N3O3. The molecule has 0 saturated carbocycles. The SMILES string of the molecule is CC(OC(C)(C)CN)C(=O)NC(N)=O. The minimum absolute atomic E-state index is 0.279. The Morgan fingerprint density at radius 1 is 1.50 bits per heavy atom. The second kappa shape index (κ2) is 4.92. The van der Waals surface area contributed by atoms with Crippen molar-refractivity contribution in [3.63, 3.8) is 0 Å². The Labute approximate surface area is 83.0 Å². The maximum atomic E-state index is 11.2. The number of primary amides is 1. The molecule has 6 heteroatoms. The minimum atomic E-state index is -0.893. The van der Waals surface area contributed by atoms with Gasteiger partial charge < -0.3 is 16.2 Å². The molecule has 0 bridgehead atoms. The first-order chi connectivity index (χ1) is 6.28. The summed E-state index contributed by atoms with van der Waals surface area (Å²) in [6, 6.07) is -0.893. The van der Waals surface area contributed by atoms with Gasteiger partial charge >= 0.3 is 6.03 Å². The highest BCUT2D eigenvalue weighted by molar-refractivity contribution is 5.95. The lowest BCUT2D eigenvalue weighted by atomic mass is 10.1. The molecule has 5 N–H and O–H groups in total. The normalized spacial score (nSPS) is 13.4. The lowest BCUT2D eigenvalue weighted by molar-refractivity contribution is -0.139. The van der Waals surface area contributed by atoms with Gasteiger partial charge in [0.15, 0.2) is 0 Å². The fourth-order valence-corrected chi connectivity index (χ4v) is 0.803. The molecule has 0 radical (unpaired) electrons. The van der Waals surface area contributed by atoms with E-state index >= 15 is 0 Å². The highest BCUT2D eigenvalue weighted by atomic mass is 16.5. The van der Waals surface area contributed by atoms with Crippen molar-refractivity contribution in [1.82, 2.24) is 5.32 Å². The predicted octanol–water partition coefficient (Wildman–Crippen LogP) is -0.676. The summed E-state index contributed by atoms with van der Waals surface area (Å²) in [7, 11) is 0. The Morgan fingerprint density at radius 2 is 2.00 bits per heavy atom. The second-order valence-electron chi connectivity index (χ2n) is 3.58. The number of hydrogen-bond donors (Lipinski definition) is 3. The molecule has 0 aromatic rings. The van der Waals surface area contributed by atoms with Crippen LogP contribution in [0.5, 0.6) is 0 Å². The monoisotopic (exact) mass is 203 g/mol. The number of ether oxygens (including phenoxy) is 1. The van der Waals surface area contributed by atoms with Crippen molar-refractivity contribution in [3.8, 4) is 0 Å². The van der Waals surface area contributed by atoms with Crippen LogP contribution in [0, 0.1) is 0 Å². The lowest BCUT2D eigenvalue weighted by Gasteiger charge is -2.26. The third-order valence-corrected chi connectivity index (χ3v) is 1.60. The van der Waals surface area contributed by atoms with Crippen LogP contribution >= 0.6 is 0 Å². The summed E-state index contributed by atoms with van der Waals surface area (Å²) in [4.78, 5) is 21.5. The van der Waals surface area contributed by atoms with Crippen molar-refractivity contribution in [2.75, 3.05) is 6.54 Å². The molecule has 14 heavy (non-hydrogen) atoms. The summed E-state index contributed by atoms with van der Waals surface area (Å²) >= 11 is 0. The van der Waals surface area contributed by atoms with Crippen molar-refractivity contribution in [2.45, 2.75) is 32.5 Å². The number of hydrogen-bond acceptors (Lipinski definition) is 4. The number of imide groups is 1. The second-order valence-corrected chi connectivity index (χ2v) is 3.58. The highest BCUT2D eigenvalue weighted by Crippen LogP contribution is 2.10. The minimum Gasteiger partial charge on any atom is -0.361 e. The van der Waals surface area contributed by atoms with E-state index in [2.05, 4.69) is 0 Å². The molecular weight excluding hydrogens is 186 g/mol. The first kappa shape index (κ1) is 12.9. The van der Waals surface area contributed by atoms with E-state index in [1.807, 2.05) is 5.32 Å². The summed E-state index contributed by atoms with van der Waals surface area (Å²) < 4.78 is 5.30. The standard InChI is InChI=1S/C8H17N3O3/c1-5(6(12)11-7(10)13)14-8(2,3)4-9/h5H,4,9H2,1-3H3,(H3,10,11,12,13). The molecule has 0 aliphatic heterocycles. The molecule has 1 unspecified atom stereocenters. The van der Waals surface area contributed by atoms with Crippen molar-refractivity contribution in [3.05, 3.63) is 0 Å². The van der Waals surface area contributed by atoms with E-state index in [9.17, 15) is 9.59 Å². The highest BCUT2D eigenvalue weighted by Gasteiger charge is 2.24. The zero-order chi connectivity index (χ0) is 11.4. The number of nitrogens with two attached hydrogens (primary N) is 2. The van der Waals surface area contributed by atoms with Crippen molar-refractivity contribution in [1.29, 1.82) is 0 Å². The number of nitrogens with one attached hydrogen (secondary N) is 1. The molecule has 0 aliphatic rings. The van der Waals surface area contributed by atoms with E-state index in [-0.39, 0.29) is 6.54 Å². The molecule has 6 nitrogen and oxygen atoms in total. The van der Waals surface area contributed by atoms with Crippen LogP contribution in [0.25, 0.3) is 0 Å². The number of carbonyl (C=O) groups excluding carboxylic acids is 2. The number of rotatable bonds is 4. The summed E-state index contributed by atoms with van der Waals surface area (Å²) in [6.45, 7) is 5.30. The molecule has 0 aromatic heterocycles. The van der Waals surface area contributed by atoms with Crippen LogP contribution in [0.1, 0.15) is 20.8 Å². The van der Waals surface area contributed by atoms with Gasteiger partial charge in [0.25, 0.3) is 5.91 Å². The maximum absolute atomic E-state index is 11.2. The molecule has 0 aliphatic carbocycles. The van der Waals surface area contributed by atoms with E-state index in [0.717, 1.165) is 0 Å². The number of carbonyl (C=O) groups is 2. The van der Waals surface area contributed by atoms with E-state index in [1.54, 1.807) is 13.8 Å². The fourth-order valence-electron chi connectivity index (χ4n) is 0.803. The molecule has 0 heterocycles. The van der Waals surface area contributed by atoms with E-state index in [0.29, 0.717) is 0 Å². The first-order valence-electron chi connectivity index (χ1n) is 4.26. The molecule has 0 spiro atoms. The molecule has 0 saturated heterocycles. The van der Waals surface area contributed by atoms with Crippen molar-refractivity contribution >= 4 is 11.9 Å². The molecule has 0 fully saturated rings. The Hall–Kier alpha value is -1.14. The third kappa shape index (κ3) is 4.78. The Balaban J connectivity index is 4.14. The van der Waals surface area contributed by atoms with Crippen LogP contribution in [-0.4, -0.2) is 30.2 Å². The van der Waals surface area contributed by atoms with Gasteiger partial charge in [-0.05, 0) is 20.8 Å². The van der Waals surface area contributed by atoms with Crippen LogP contribution in [0.4, 0.5) is 4.79 Å². The summed E-state index contributed by atoms with van der Waals surface area (Å²) in [5, 5.41) is 1.92. The van der Waals surface area contributed by atoms with Gasteiger partial charge in [-0.2, -0.15) is 0 Å². The van der Waals surface area contributed by atoms with Gasteiger partial charge in [-0.15, -0.1) is 0 Å². The maximum Gasteiger partial charge on any atom is 0.318 e. The molecule has 3 amide bonds. The van der Waals surface area contributed by atoms with Gasteiger partial charge in [0.05, 0.1) is 5.60 Å². The van der Waals surface area contributed by atoms with Crippen LogP contribution < -0.4 is 16.8 Å². The number of amides is 3. The lowest BCUT2D eigenvalue weighted by Crippen LogP contribution is -2.46. The topological polar surface area (TPSA) is 107 Å². The van der Waals surface area contributed by atoms with Crippen molar-refractivity contribution < 1.29 is 14.3 Å². The van der Waals surface area contributed by atoms with E-state index < -0.39 is 23.6 Å². The average molecular weight is 203 g/mol. The van der Waals surface area contributed by atoms with Crippen LogP contribution in [0.2, 0.25) is 0 Å². The fraction of sp³-hybridized carbons (Fsp3) is 0.750. The molecule has 0 rings (SSSR count). The molecule has 82 valence electrons. The van der Waals surface area contributed by atoms with E-state index in [1.165, 1.54) is 6.92 Å². The van der Waals surface area contributed by atoms with Gasteiger partial charge in [-0.3, -0.25) is 10.1 Å². The van der Waals surface area contributed by atoms with Gasteiger partial charge in [-0.1, -0.05) is 0 Å². The van der Waals surface area contributed by atoms with E-state index in [4.69, 9.17) is 16.2 Å². The molecule has 1 atom stereocenters. The van der Waals surface area contributed by atoms with Crippen molar-refractivity contribution in [2.24, 2.45) is 11.5 Å². The van der Waals surface area contributed by atoms with Gasteiger partial charge in [0.1, 0.15) is 6.10 Å². The zero-order valence-corrected chi connectivity index (χ0v) is 8.66. The molecule has 0 aromatic carbocycles. The zero-order valence-electron chi connectivity index (χ0n) is 8.66. The summed E-state index contributed by atoms with van der Waals surface area (Å²) in [5.41, 5.74) is 9.58. The predicted molar refractivity (Wildman–Crippen MR) is 51.4 cm³/mol. The number of urea groups is 1. The summed E-state index contributed by atoms with van der Waals surface area (Å²) in [6.07, 6.45) is -0.763. The summed E-state index contributed by atoms with van der Waals surface area (Å²) in [5.74, 6) is -0.570. The van der Waals surface area contributed by atoms with Gasteiger partial charge in [-0.25, -0.2) is 4.79 Å². The Kier molecular flexibility index (Phi) is 4.52. The van der Waals surface area contributed by atoms with Crippen LogP contribution in [0.15, 0.2) is 0 Å².